The molecule has 6 nitrogen and oxygen atoms in total. The van der Waals surface area contributed by atoms with Gasteiger partial charge in [-0.15, -0.1) is 0 Å². The first-order chi connectivity index (χ1) is 16.4. The molecule has 4 rings (SSSR count). The summed E-state index contributed by atoms with van der Waals surface area (Å²) in [7, 11) is 0. The van der Waals surface area contributed by atoms with Gasteiger partial charge in [0.2, 0.25) is 0 Å². The molecule has 1 N–H and O–H groups in total. The minimum absolute atomic E-state index is 0.0374. The summed E-state index contributed by atoms with van der Waals surface area (Å²) < 4.78 is 7.25. The van der Waals surface area contributed by atoms with Gasteiger partial charge in [0.25, 0.3) is 5.91 Å². The molecule has 0 fully saturated rings. The zero-order chi connectivity index (χ0) is 24.1. The minimum Gasteiger partial charge on any atom is -0.455 e. The summed E-state index contributed by atoms with van der Waals surface area (Å²) in [6, 6.07) is 21.5. The quantitative estimate of drug-likeness (QED) is 0.254. The van der Waals surface area contributed by atoms with E-state index in [-0.39, 0.29) is 12.4 Å². The molecular formula is C26H24ClN3O3S. The number of hydrogen-bond acceptors (Lipinski definition) is 5. The fourth-order valence-electron chi connectivity index (χ4n) is 3.53. The number of anilines is 1. The molecule has 4 aromatic rings. The van der Waals surface area contributed by atoms with E-state index in [1.165, 1.54) is 17.3 Å². The highest BCUT2D eigenvalue weighted by molar-refractivity contribution is 7.99. The van der Waals surface area contributed by atoms with Crippen molar-refractivity contribution in [2.45, 2.75) is 25.5 Å². The van der Waals surface area contributed by atoms with Crippen molar-refractivity contribution in [1.82, 2.24) is 9.55 Å². The Morgan fingerprint density at radius 2 is 1.82 bits per heavy atom. The topological polar surface area (TPSA) is 73.2 Å². The maximum absolute atomic E-state index is 12.3. The van der Waals surface area contributed by atoms with Crippen LogP contribution in [0.3, 0.4) is 0 Å². The number of amides is 1. The third kappa shape index (κ3) is 5.98. The van der Waals surface area contributed by atoms with Gasteiger partial charge in [-0.1, -0.05) is 71.4 Å². The standard InChI is InChI=1S/C26H24ClN3O3S/c1-17-6-5-7-19(12-17)14-30-23-9-4-3-8-22(23)29-26(30)34-16-25(32)33-15-24(31)28-21-11-10-18(2)13-20(21)27/h3-13H,14-16H2,1-2H3,(H,28,31). The Hall–Kier alpha value is -3.29. The highest BCUT2D eigenvalue weighted by Gasteiger charge is 2.15. The second-order valence-electron chi connectivity index (χ2n) is 7.94. The number of carbonyl (C=O) groups excluding carboxylic acids is 2. The number of halogens is 1. The number of aryl methyl sites for hydroxylation is 2. The number of esters is 1. The summed E-state index contributed by atoms with van der Waals surface area (Å²) in [5.41, 5.74) is 5.66. The number of aromatic nitrogens is 2. The van der Waals surface area contributed by atoms with E-state index < -0.39 is 11.9 Å². The monoisotopic (exact) mass is 493 g/mol. The molecule has 34 heavy (non-hydrogen) atoms. The van der Waals surface area contributed by atoms with Gasteiger partial charge in [-0.2, -0.15) is 0 Å². The first kappa shape index (κ1) is 23.9. The number of rotatable bonds is 8. The van der Waals surface area contributed by atoms with Crippen LogP contribution < -0.4 is 5.32 Å². The minimum atomic E-state index is -0.496. The number of nitrogens with zero attached hydrogens (tertiary/aromatic N) is 2. The van der Waals surface area contributed by atoms with Crippen LogP contribution in [0.4, 0.5) is 5.69 Å². The number of ether oxygens (including phenoxy) is 1. The highest BCUT2D eigenvalue weighted by Crippen LogP contribution is 2.26. The van der Waals surface area contributed by atoms with Gasteiger partial charge in [0.1, 0.15) is 0 Å². The average molecular weight is 494 g/mol. The van der Waals surface area contributed by atoms with Crippen LogP contribution in [0.25, 0.3) is 11.0 Å². The molecule has 0 unspecified atom stereocenters. The van der Waals surface area contributed by atoms with Crippen molar-refractivity contribution in [3.8, 4) is 0 Å². The predicted octanol–water partition coefficient (Wildman–Crippen LogP) is 5.63. The van der Waals surface area contributed by atoms with Gasteiger partial charge in [0.05, 0.1) is 34.0 Å². The third-order valence-corrected chi connectivity index (χ3v) is 6.39. The van der Waals surface area contributed by atoms with Crippen LogP contribution in [0.2, 0.25) is 5.02 Å². The molecular weight excluding hydrogens is 470 g/mol. The van der Waals surface area contributed by atoms with Crippen molar-refractivity contribution in [2.75, 3.05) is 17.7 Å². The Bertz CT molecular complexity index is 1350. The summed E-state index contributed by atoms with van der Waals surface area (Å²) in [6.45, 7) is 4.22. The van der Waals surface area contributed by atoms with E-state index in [0.717, 1.165) is 27.3 Å². The molecule has 0 aliphatic rings. The molecule has 0 aliphatic carbocycles. The lowest BCUT2D eigenvalue weighted by atomic mass is 10.1. The van der Waals surface area contributed by atoms with E-state index in [1.807, 2.05) is 43.3 Å². The Morgan fingerprint density at radius 3 is 2.62 bits per heavy atom. The van der Waals surface area contributed by atoms with Crippen molar-refractivity contribution >= 4 is 52.0 Å². The number of benzene rings is 3. The van der Waals surface area contributed by atoms with Gasteiger partial charge in [-0.05, 0) is 49.2 Å². The molecule has 1 aromatic heterocycles. The zero-order valence-corrected chi connectivity index (χ0v) is 20.4. The molecule has 0 saturated heterocycles. The maximum atomic E-state index is 12.3. The molecule has 0 radical (unpaired) electrons. The van der Waals surface area contributed by atoms with Crippen LogP contribution in [0, 0.1) is 13.8 Å². The van der Waals surface area contributed by atoms with Crippen LogP contribution in [0.5, 0.6) is 0 Å². The second kappa shape index (κ2) is 10.8. The van der Waals surface area contributed by atoms with Gasteiger partial charge in [0.15, 0.2) is 11.8 Å². The third-order valence-electron chi connectivity index (χ3n) is 5.12. The molecule has 3 aromatic carbocycles. The van der Waals surface area contributed by atoms with Crippen molar-refractivity contribution in [3.05, 3.63) is 88.4 Å². The van der Waals surface area contributed by atoms with Crippen LogP contribution in [-0.4, -0.2) is 33.8 Å². The molecule has 1 amide bonds. The second-order valence-corrected chi connectivity index (χ2v) is 9.29. The van der Waals surface area contributed by atoms with Crippen molar-refractivity contribution in [3.63, 3.8) is 0 Å². The Kier molecular flexibility index (Phi) is 7.55. The van der Waals surface area contributed by atoms with Gasteiger partial charge >= 0.3 is 5.97 Å². The smallest absolute Gasteiger partial charge is 0.316 e. The normalized spacial score (nSPS) is 10.9. The van der Waals surface area contributed by atoms with Crippen molar-refractivity contribution < 1.29 is 14.3 Å². The molecule has 174 valence electrons. The number of imidazole rings is 1. The SMILES string of the molecule is Cc1cccc(Cn2c(SCC(=O)OCC(=O)Nc3ccc(C)cc3Cl)nc3ccccc32)c1. The van der Waals surface area contributed by atoms with Crippen LogP contribution >= 0.6 is 23.4 Å². The Labute approximate surface area is 207 Å². The van der Waals surface area contributed by atoms with Crippen LogP contribution in [-0.2, 0) is 20.9 Å². The molecule has 0 aliphatic heterocycles. The summed E-state index contributed by atoms with van der Waals surface area (Å²) >= 11 is 7.42. The van der Waals surface area contributed by atoms with E-state index in [2.05, 4.69) is 35.0 Å². The zero-order valence-electron chi connectivity index (χ0n) is 18.9. The predicted molar refractivity (Wildman–Crippen MR) is 137 cm³/mol. The molecule has 0 saturated carbocycles. The largest absolute Gasteiger partial charge is 0.455 e. The van der Waals surface area contributed by atoms with Gasteiger partial charge in [-0.3, -0.25) is 9.59 Å². The van der Waals surface area contributed by atoms with E-state index in [0.29, 0.717) is 17.3 Å². The lowest BCUT2D eigenvalue weighted by molar-refractivity contribution is -0.144. The van der Waals surface area contributed by atoms with Crippen molar-refractivity contribution in [2.24, 2.45) is 0 Å². The van der Waals surface area contributed by atoms with Gasteiger partial charge < -0.3 is 14.6 Å². The number of carbonyl (C=O) groups is 2. The summed E-state index contributed by atoms with van der Waals surface area (Å²) in [4.78, 5) is 29.2. The summed E-state index contributed by atoms with van der Waals surface area (Å²) in [5.74, 6) is -0.907. The fourth-order valence-corrected chi connectivity index (χ4v) is 4.62. The highest BCUT2D eigenvalue weighted by atomic mass is 35.5. The average Bonchev–Trinajstić information content (AvgIpc) is 3.15. The Morgan fingerprint density at radius 1 is 1.03 bits per heavy atom. The maximum Gasteiger partial charge on any atom is 0.316 e. The first-order valence-corrected chi connectivity index (χ1v) is 12.1. The number of fused-ring (bicyclic) bond motifs is 1. The lowest BCUT2D eigenvalue weighted by Crippen LogP contribution is -2.22. The Balaban J connectivity index is 1.38. The van der Waals surface area contributed by atoms with E-state index >= 15 is 0 Å². The molecule has 1 heterocycles. The van der Waals surface area contributed by atoms with Gasteiger partial charge in [-0.25, -0.2) is 4.98 Å². The van der Waals surface area contributed by atoms with Crippen LogP contribution in [0.1, 0.15) is 16.7 Å². The van der Waals surface area contributed by atoms with E-state index in [1.54, 1.807) is 12.1 Å². The fraction of sp³-hybridized carbons (Fsp3) is 0.192. The molecule has 0 atom stereocenters. The number of para-hydroxylation sites is 2. The molecule has 0 bridgehead atoms. The van der Waals surface area contributed by atoms with E-state index in [4.69, 9.17) is 21.3 Å². The number of nitrogens with one attached hydrogen (secondary N) is 1. The first-order valence-electron chi connectivity index (χ1n) is 10.7. The summed E-state index contributed by atoms with van der Waals surface area (Å²) in [6.07, 6.45) is 0. The molecule has 0 spiro atoms. The molecule has 8 heteroatoms. The van der Waals surface area contributed by atoms with Crippen LogP contribution in [0.15, 0.2) is 71.9 Å². The van der Waals surface area contributed by atoms with E-state index in [9.17, 15) is 9.59 Å². The van der Waals surface area contributed by atoms with Crippen molar-refractivity contribution in [1.29, 1.82) is 0 Å². The number of thioether (sulfide) groups is 1. The van der Waals surface area contributed by atoms with Gasteiger partial charge in [0, 0.05) is 0 Å². The lowest BCUT2D eigenvalue weighted by Gasteiger charge is -2.10. The summed E-state index contributed by atoms with van der Waals surface area (Å²) in [5, 5.41) is 3.81. The number of hydrogen-bond donors (Lipinski definition) is 1.